The lowest BCUT2D eigenvalue weighted by molar-refractivity contribution is -0.123. The van der Waals surface area contributed by atoms with Gasteiger partial charge in [0.25, 0.3) is 0 Å². The highest BCUT2D eigenvalue weighted by Crippen LogP contribution is 2.11. The number of nitrogens with one attached hydrogen (secondary N) is 2. The molecule has 0 spiro atoms. The van der Waals surface area contributed by atoms with Crippen LogP contribution >= 0.6 is 0 Å². The highest BCUT2D eigenvalue weighted by molar-refractivity contribution is 5.81. The molecule has 2 N–H and O–H groups in total. The van der Waals surface area contributed by atoms with Crippen molar-refractivity contribution < 1.29 is 4.79 Å². The van der Waals surface area contributed by atoms with Crippen LogP contribution in [0.2, 0.25) is 0 Å². The van der Waals surface area contributed by atoms with Gasteiger partial charge >= 0.3 is 0 Å². The van der Waals surface area contributed by atoms with E-state index < -0.39 is 0 Å². The molecule has 1 saturated heterocycles. The van der Waals surface area contributed by atoms with E-state index in [0.29, 0.717) is 6.54 Å². The number of amides is 1. The Balaban J connectivity index is 1.59. The van der Waals surface area contributed by atoms with Crippen molar-refractivity contribution >= 4 is 5.91 Å². The van der Waals surface area contributed by atoms with Crippen LogP contribution in [-0.4, -0.2) is 33.3 Å². The Morgan fingerprint density at radius 3 is 2.87 bits per heavy atom. The van der Waals surface area contributed by atoms with Crippen LogP contribution in [0.1, 0.15) is 36.2 Å². The molecule has 0 saturated carbocycles. The van der Waals surface area contributed by atoms with Crippen molar-refractivity contribution in [2.45, 2.75) is 45.7 Å². The first-order chi connectivity index (χ1) is 11.1. The quantitative estimate of drug-likeness (QED) is 0.900. The average Bonchev–Trinajstić information content (AvgIpc) is 2.92. The number of aryl methyl sites for hydroxylation is 2. The van der Waals surface area contributed by atoms with Crippen molar-refractivity contribution in [1.29, 1.82) is 0 Å². The van der Waals surface area contributed by atoms with Crippen molar-refractivity contribution in [1.82, 2.24) is 25.4 Å². The maximum Gasteiger partial charge on any atom is 0.237 e. The minimum Gasteiger partial charge on any atom is -0.351 e. The van der Waals surface area contributed by atoms with Gasteiger partial charge in [-0.25, -0.2) is 9.67 Å². The van der Waals surface area contributed by atoms with E-state index in [2.05, 4.69) is 20.7 Å². The summed E-state index contributed by atoms with van der Waals surface area (Å²) in [7, 11) is 0. The maximum atomic E-state index is 12.1. The highest BCUT2D eigenvalue weighted by Gasteiger charge is 2.19. The van der Waals surface area contributed by atoms with Crippen LogP contribution in [0.3, 0.4) is 0 Å². The number of piperidine rings is 1. The third kappa shape index (κ3) is 3.76. The first-order valence-electron chi connectivity index (χ1n) is 8.13. The zero-order valence-corrected chi connectivity index (χ0v) is 13.7. The molecule has 1 aliphatic rings. The van der Waals surface area contributed by atoms with Crippen LogP contribution < -0.4 is 10.6 Å². The molecule has 6 heteroatoms. The summed E-state index contributed by atoms with van der Waals surface area (Å²) in [5, 5.41) is 10.7. The number of rotatable bonds is 4. The first kappa shape index (κ1) is 15.7. The smallest absolute Gasteiger partial charge is 0.237 e. The Kier molecular flexibility index (Phi) is 4.71. The molecular formula is C17H23N5O. The Hall–Kier alpha value is -2.21. The molecule has 1 unspecified atom stereocenters. The molecule has 2 aromatic heterocycles. The van der Waals surface area contributed by atoms with Gasteiger partial charge in [-0.3, -0.25) is 4.79 Å². The van der Waals surface area contributed by atoms with Gasteiger partial charge in [-0.1, -0.05) is 12.5 Å². The van der Waals surface area contributed by atoms with Gasteiger partial charge in [-0.2, -0.15) is 5.10 Å². The summed E-state index contributed by atoms with van der Waals surface area (Å²) in [5.74, 6) is 0.868. The van der Waals surface area contributed by atoms with Crippen molar-refractivity contribution in [2.24, 2.45) is 0 Å². The molecule has 122 valence electrons. The van der Waals surface area contributed by atoms with Gasteiger partial charge < -0.3 is 10.6 Å². The van der Waals surface area contributed by atoms with Crippen LogP contribution in [0.25, 0.3) is 5.82 Å². The van der Waals surface area contributed by atoms with E-state index in [1.54, 1.807) is 6.20 Å². The van der Waals surface area contributed by atoms with Crippen LogP contribution in [0.15, 0.2) is 24.4 Å². The maximum absolute atomic E-state index is 12.1. The molecule has 0 radical (unpaired) electrons. The van der Waals surface area contributed by atoms with E-state index >= 15 is 0 Å². The van der Waals surface area contributed by atoms with Gasteiger partial charge in [0.15, 0.2) is 5.82 Å². The third-order valence-electron chi connectivity index (χ3n) is 4.13. The molecule has 1 aliphatic heterocycles. The van der Waals surface area contributed by atoms with Gasteiger partial charge in [-0.15, -0.1) is 0 Å². The zero-order chi connectivity index (χ0) is 16.2. The van der Waals surface area contributed by atoms with Crippen molar-refractivity contribution in [3.05, 3.63) is 41.3 Å². The number of nitrogens with zero attached hydrogens (tertiary/aromatic N) is 3. The molecule has 0 bridgehead atoms. The number of aromatic nitrogens is 3. The summed E-state index contributed by atoms with van der Waals surface area (Å²) in [6.07, 6.45) is 4.98. The predicted molar refractivity (Wildman–Crippen MR) is 88.3 cm³/mol. The standard InChI is InChI=1S/C17H23N5O/c1-12-9-13(2)22(21-12)16-7-6-14(10-19-16)11-20-17(23)15-5-3-4-8-18-15/h6-7,9-10,15,18H,3-5,8,11H2,1-2H3,(H,20,23). The van der Waals surface area contributed by atoms with Crippen molar-refractivity contribution in [3.8, 4) is 5.82 Å². The van der Waals surface area contributed by atoms with E-state index in [9.17, 15) is 4.79 Å². The SMILES string of the molecule is Cc1cc(C)n(-c2ccc(CNC(=O)C3CCCCN3)cn2)n1. The Labute approximate surface area is 136 Å². The second-order valence-electron chi connectivity index (χ2n) is 6.08. The Morgan fingerprint density at radius 2 is 2.26 bits per heavy atom. The lowest BCUT2D eigenvalue weighted by atomic mass is 10.0. The lowest BCUT2D eigenvalue weighted by Crippen LogP contribution is -2.46. The predicted octanol–water partition coefficient (Wildman–Crippen LogP) is 1.64. The van der Waals surface area contributed by atoms with E-state index in [0.717, 1.165) is 48.6 Å². The van der Waals surface area contributed by atoms with Gasteiger partial charge in [0.1, 0.15) is 0 Å². The van der Waals surface area contributed by atoms with Crippen LogP contribution in [0, 0.1) is 13.8 Å². The normalized spacial score (nSPS) is 17.9. The largest absolute Gasteiger partial charge is 0.351 e. The monoisotopic (exact) mass is 313 g/mol. The van der Waals surface area contributed by atoms with E-state index in [1.165, 1.54) is 0 Å². The zero-order valence-electron chi connectivity index (χ0n) is 13.7. The van der Waals surface area contributed by atoms with E-state index in [4.69, 9.17) is 0 Å². The van der Waals surface area contributed by atoms with E-state index in [1.807, 2.05) is 36.7 Å². The Bertz CT molecular complexity index is 671. The first-order valence-corrected chi connectivity index (χ1v) is 8.13. The second kappa shape index (κ2) is 6.91. The Morgan fingerprint density at radius 1 is 1.39 bits per heavy atom. The molecule has 6 nitrogen and oxygen atoms in total. The number of hydrogen-bond donors (Lipinski definition) is 2. The van der Waals surface area contributed by atoms with Gasteiger partial charge in [-0.05, 0) is 50.9 Å². The van der Waals surface area contributed by atoms with Crippen LogP contribution in [0.5, 0.6) is 0 Å². The molecule has 2 aromatic rings. The topological polar surface area (TPSA) is 71.8 Å². The van der Waals surface area contributed by atoms with Gasteiger partial charge in [0, 0.05) is 18.4 Å². The molecule has 3 heterocycles. The number of carbonyl (C=O) groups is 1. The lowest BCUT2D eigenvalue weighted by Gasteiger charge is -2.22. The third-order valence-corrected chi connectivity index (χ3v) is 4.13. The molecule has 0 aliphatic carbocycles. The van der Waals surface area contributed by atoms with Crippen molar-refractivity contribution in [3.63, 3.8) is 0 Å². The fourth-order valence-electron chi connectivity index (χ4n) is 2.90. The fourth-order valence-corrected chi connectivity index (χ4v) is 2.90. The summed E-state index contributed by atoms with van der Waals surface area (Å²) in [6, 6.07) is 5.88. The van der Waals surface area contributed by atoms with Gasteiger partial charge in [0.2, 0.25) is 5.91 Å². The van der Waals surface area contributed by atoms with Crippen LogP contribution in [-0.2, 0) is 11.3 Å². The molecule has 1 atom stereocenters. The summed E-state index contributed by atoms with van der Waals surface area (Å²) in [5.41, 5.74) is 3.01. The number of hydrogen-bond acceptors (Lipinski definition) is 4. The van der Waals surface area contributed by atoms with Crippen LogP contribution in [0.4, 0.5) is 0 Å². The number of pyridine rings is 1. The number of carbonyl (C=O) groups excluding carboxylic acids is 1. The highest BCUT2D eigenvalue weighted by atomic mass is 16.2. The van der Waals surface area contributed by atoms with E-state index in [-0.39, 0.29) is 11.9 Å². The minimum atomic E-state index is -0.0503. The summed E-state index contributed by atoms with van der Waals surface area (Å²) in [4.78, 5) is 16.5. The summed E-state index contributed by atoms with van der Waals surface area (Å²) < 4.78 is 1.82. The fraction of sp³-hybridized carbons (Fsp3) is 0.471. The molecule has 1 fully saturated rings. The molecule has 3 rings (SSSR count). The molecule has 0 aromatic carbocycles. The summed E-state index contributed by atoms with van der Waals surface area (Å²) in [6.45, 7) is 5.40. The second-order valence-corrected chi connectivity index (χ2v) is 6.08. The summed E-state index contributed by atoms with van der Waals surface area (Å²) >= 11 is 0. The molecule has 23 heavy (non-hydrogen) atoms. The average molecular weight is 313 g/mol. The molecular weight excluding hydrogens is 290 g/mol. The molecule has 1 amide bonds. The van der Waals surface area contributed by atoms with Gasteiger partial charge in [0.05, 0.1) is 11.7 Å². The minimum absolute atomic E-state index is 0.0503. The van der Waals surface area contributed by atoms with Crippen molar-refractivity contribution in [2.75, 3.05) is 6.54 Å².